The lowest BCUT2D eigenvalue weighted by Crippen LogP contribution is -2.51. The Morgan fingerprint density at radius 2 is 2.08 bits per heavy atom. The summed E-state index contributed by atoms with van der Waals surface area (Å²) in [5.41, 5.74) is 0.304. The van der Waals surface area contributed by atoms with Gasteiger partial charge in [0.2, 0.25) is 0 Å². The molecule has 2 atom stereocenters. The smallest absolute Gasteiger partial charge is 0.329 e. The average molecular weight is 398 g/mol. The molecule has 144 valence electrons. The van der Waals surface area contributed by atoms with Gasteiger partial charge >= 0.3 is 5.97 Å². The Kier molecular flexibility index (Phi) is 7.28. The summed E-state index contributed by atoms with van der Waals surface area (Å²) in [5.74, 6) is 2.03. The Morgan fingerprint density at radius 1 is 1.35 bits per heavy atom. The summed E-state index contributed by atoms with van der Waals surface area (Å²) in [6, 6.07) is 10.0. The van der Waals surface area contributed by atoms with Gasteiger partial charge in [-0.3, -0.25) is 4.84 Å². The zero-order valence-corrected chi connectivity index (χ0v) is 16.8. The van der Waals surface area contributed by atoms with Crippen molar-refractivity contribution >= 4 is 29.5 Å². The van der Waals surface area contributed by atoms with E-state index in [-0.39, 0.29) is 18.7 Å². The Labute approximate surface area is 163 Å². The predicted molar refractivity (Wildman–Crippen MR) is 106 cm³/mol. The van der Waals surface area contributed by atoms with Gasteiger partial charge < -0.3 is 9.84 Å². The van der Waals surface area contributed by atoms with Crippen molar-refractivity contribution in [1.29, 1.82) is 0 Å². The van der Waals surface area contributed by atoms with Crippen molar-refractivity contribution < 1.29 is 19.5 Å². The fraction of sp³-hybridized carbons (Fsp3) is 0.632. The fourth-order valence-corrected chi connectivity index (χ4v) is 6.60. The second-order valence-electron chi connectivity index (χ2n) is 6.59. The van der Waals surface area contributed by atoms with E-state index in [1.807, 2.05) is 65.8 Å². The lowest BCUT2D eigenvalue weighted by molar-refractivity contribution is -0.210. The van der Waals surface area contributed by atoms with Gasteiger partial charge in [0, 0.05) is 24.5 Å². The zero-order chi connectivity index (χ0) is 18.4. The third-order valence-corrected chi connectivity index (χ3v) is 7.82. The minimum atomic E-state index is -0.791. The SMILES string of the molecule is CCOC(=O)[C@@]1(CC2SCCS2)C[C@@H](CCO)ON1Cc1ccccc1. The van der Waals surface area contributed by atoms with Gasteiger partial charge in [0.05, 0.1) is 23.8 Å². The van der Waals surface area contributed by atoms with E-state index in [1.165, 1.54) is 0 Å². The van der Waals surface area contributed by atoms with Crippen LogP contribution >= 0.6 is 23.5 Å². The summed E-state index contributed by atoms with van der Waals surface area (Å²) in [5, 5.41) is 11.2. The van der Waals surface area contributed by atoms with Crippen LogP contribution in [0.1, 0.15) is 31.7 Å². The van der Waals surface area contributed by atoms with Gasteiger partial charge in [-0.1, -0.05) is 30.3 Å². The standard InChI is InChI=1S/C19H27NO4S2/c1-2-23-18(22)19(13-17-25-10-11-26-17)12-16(8-9-21)24-20(19)14-15-6-4-3-5-7-15/h3-7,16-17,21H,2,8-14H2,1H3/t16-,19+/m1/s1. The molecule has 7 heteroatoms. The molecule has 0 spiro atoms. The molecule has 0 saturated carbocycles. The highest BCUT2D eigenvalue weighted by Gasteiger charge is 2.55. The highest BCUT2D eigenvalue weighted by atomic mass is 32.2. The van der Waals surface area contributed by atoms with Crippen molar-refractivity contribution in [2.45, 2.75) is 49.0 Å². The van der Waals surface area contributed by atoms with Crippen LogP contribution in [0.4, 0.5) is 0 Å². The normalized spacial score (nSPS) is 27.1. The molecule has 0 aliphatic carbocycles. The van der Waals surface area contributed by atoms with Gasteiger partial charge in [-0.2, -0.15) is 5.06 Å². The molecule has 1 aromatic carbocycles. The number of rotatable bonds is 8. The number of hydrogen-bond donors (Lipinski definition) is 1. The van der Waals surface area contributed by atoms with Crippen LogP contribution in [0, 0.1) is 0 Å². The molecule has 0 unspecified atom stereocenters. The molecule has 0 radical (unpaired) electrons. The minimum absolute atomic E-state index is 0.0513. The van der Waals surface area contributed by atoms with Crippen LogP contribution in [0.15, 0.2) is 30.3 Å². The first-order valence-electron chi connectivity index (χ1n) is 9.17. The number of esters is 1. The van der Waals surface area contributed by atoms with E-state index in [4.69, 9.17) is 9.57 Å². The maximum atomic E-state index is 13.1. The molecular weight excluding hydrogens is 370 g/mol. The van der Waals surface area contributed by atoms with Crippen molar-refractivity contribution in [2.75, 3.05) is 24.7 Å². The molecule has 1 aromatic rings. The number of hydrogen-bond acceptors (Lipinski definition) is 7. The van der Waals surface area contributed by atoms with Crippen LogP contribution in [0.2, 0.25) is 0 Å². The molecule has 1 N–H and O–H groups in total. The van der Waals surface area contributed by atoms with Crippen molar-refractivity contribution in [3.63, 3.8) is 0 Å². The fourth-order valence-electron chi connectivity index (χ4n) is 3.55. The first kappa shape index (κ1) is 20.0. The third-order valence-electron chi connectivity index (χ3n) is 4.79. The second-order valence-corrected chi connectivity index (χ2v) is 9.51. The maximum absolute atomic E-state index is 13.1. The van der Waals surface area contributed by atoms with Crippen LogP contribution in [-0.4, -0.2) is 57.1 Å². The Balaban J connectivity index is 1.87. The first-order chi connectivity index (χ1) is 12.7. The molecule has 2 aliphatic heterocycles. The van der Waals surface area contributed by atoms with Crippen molar-refractivity contribution in [3.8, 4) is 0 Å². The monoisotopic (exact) mass is 397 g/mol. The molecular formula is C19H27NO4S2. The molecule has 26 heavy (non-hydrogen) atoms. The highest BCUT2D eigenvalue weighted by Crippen LogP contribution is 2.45. The van der Waals surface area contributed by atoms with Crippen molar-refractivity contribution in [1.82, 2.24) is 5.06 Å². The summed E-state index contributed by atoms with van der Waals surface area (Å²) >= 11 is 3.82. The summed E-state index contributed by atoms with van der Waals surface area (Å²) in [6.45, 7) is 2.78. The molecule has 0 amide bonds. The van der Waals surface area contributed by atoms with Gasteiger partial charge in [0.1, 0.15) is 5.54 Å². The van der Waals surface area contributed by atoms with E-state index < -0.39 is 5.54 Å². The quantitative estimate of drug-likeness (QED) is 0.677. The van der Waals surface area contributed by atoms with E-state index in [0.29, 0.717) is 37.0 Å². The maximum Gasteiger partial charge on any atom is 0.329 e. The van der Waals surface area contributed by atoms with Crippen molar-refractivity contribution in [2.24, 2.45) is 0 Å². The van der Waals surface area contributed by atoms with Gasteiger partial charge in [-0.15, -0.1) is 23.5 Å². The lowest BCUT2D eigenvalue weighted by Gasteiger charge is -2.35. The van der Waals surface area contributed by atoms with E-state index >= 15 is 0 Å². The second kappa shape index (κ2) is 9.46. The highest BCUT2D eigenvalue weighted by molar-refractivity contribution is 8.20. The van der Waals surface area contributed by atoms with E-state index in [2.05, 4.69) is 0 Å². The molecule has 0 aromatic heterocycles. The number of carbonyl (C=O) groups is 1. The molecule has 3 rings (SSSR count). The minimum Gasteiger partial charge on any atom is -0.465 e. The van der Waals surface area contributed by atoms with Crippen molar-refractivity contribution in [3.05, 3.63) is 35.9 Å². The third kappa shape index (κ3) is 4.57. The summed E-state index contributed by atoms with van der Waals surface area (Å²) in [7, 11) is 0. The van der Waals surface area contributed by atoms with E-state index in [9.17, 15) is 9.90 Å². The summed E-state index contributed by atoms with van der Waals surface area (Å²) < 4.78 is 5.86. The number of ether oxygens (including phenoxy) is 1. The average Bonchev–Trinajstić information content (AvgIpc) is 3.26. The molecule has 2 aliphatic rings. The number of nitrogens with zero attached hydrogens (tertiary/aromatic N) is 1. The van der Waals surface area contributed by atoms with E-state index in [0.717, 1.165) is 17.1 Å². The molecule has 2 saturated heterocycles. The van der Waals surface area contributed by atoms with Gasteiger partial charge in [-0.05, 0) is 25.3 Å². The number of hydroxylamine groups is 2. The van der Waals surface area contributed by atoms with E-state index in [1.54, 1.807) is 0 Å². The lowest BCUT2D eigenvalue weighted by atomic mass is 9.88. The molecule has 2 fully saturated rings. The largest absolute Gasteiger partial charge is 0.465 e. The molecule has 2 heterocycles. The van der Waals surface area contributed by atoms with Gasteiger partial charge in [0.15, 0.2) is 0 Å². The number of benzene rings is 1. The summed E-state index contributed by atoms with van der Waals surface area (Å²) in [4.78, 5) is 19.2. The van der Waals surface area contributed by atoms with Crippen LogP contribution < -0.4 is 0 Å². The number of aliphatic hydroxyl groups excluding tert-OH is 1. The number of aliphatic hydroxyl groups is 1. The first-order valence-corrected chi connectivity index (χ1v) is 11.3. The molecule has 5 nitrogen and oxygen atoms in total. The van der Waals surface area contributed by atoms with Crippen LogP contribution in [0.5, 0.6) is 0 Å². The van der Waals surface area contributed by atoms with Crippen LogP contribution in [0.25, 0.3) is 0 Å². The number of thioether (sulfide) groups is 2. The zero-order valence-electron chi connectivity index (χ0n) is 15.1. The summed E-state index contributed by atoms with van der Waals surface area (Å²) in [6.07, 6.45) is 1.63. The Morgan fingerprint density at radius 3 is 2.73 bits per heavy atom. The topological polar surface area (TPSA) is 59.0 Å². The predicted octanol–water partition coefficient (Wildman–Crippen LogP) is 3.07. The van der Waals surface area contributed by atoms with Gasteiger partial charge in [-0.25, -0.2) is 4.79 Å². The number of carbonyl (C=O) groups excluding carboxylic acids is 1. The van der Waals surface area contributed by atoms with Gasteiger partial charge in [0.25, 0.3) is 0 Å². The molecule has 0 bridgehead atoms. The Bertz CT molecular complexity index is 582. The van der Waals surface area contributed by atoms with Crippen LogP contribution in [0.3, 0.4) is 0 Å². The van der Waals surface area contributed by atoms with Crippen LogP contribution in [-0.2, 0) is 20.9 Å². The Hall–Kier alpha value is -0.730.